The Hall–Kier alpha value is -6.44. The van der Waals surface area contributed by atoms with Gasteiger partial charge >= 0.3 is 0 Å². The van der Waals surface area contributed by atoms with Gasteiger partial charge in [0, 0.05) is 22.3 Å². The molecule has 0 radical (unpaired) electrons. The van der Waals surface area contributed by atoms with Crippen molar-refractivity contribution in [3.05, 3.63) is 200 Å². The molecule has 230 valence electrons. The highest BCUT2D eigenvalue weighted by Crippen LogP contribution is 2.50. The molecule has 9 rings (SSSR count). The highest BCUT2D eigenvalue weighted by atomic mass is 15.1. The van der Waals surface area contributed by atoms with E-state index in [2.05, 4.69) is 205 Å². The van der Waals surface area contributed by atoms with Crippen LogP contribution in [0.15, 0.2) is 200 Å². The molecule has 0 aliphatic carbocycles. The van der Waals surface area contributed by atoms with Gasteiger partial charge in [-0.15, -0.1) is 0 Å². The maximum absolute atomic E-state index is 2.48. The lowest BCUT2D eigenvalue weighted by molar-refractivity contribution is 1.30. The number of hydrogen-bond donors (Lipinski definition) is 0. The van der Waals surface area contributed by atoms with Crippen molar-refractivity contribution in [1.82, 2.24) is 0 Å². The molecule has 0 N–H and O–H groups in total. The van der Waals surface area contributed by atoms with E-state index < -0.39 is 0 Å². The Morgan fingerprint density at radius 2 is 0.755 bits per heavy atom. The van der Waals surface area contributed by atoms with Gasteiger partial charge in [0.1, 0.15) is 0 Å². The van der Waals surface area contributed by atoms with Crippen molar-refractivity contribution in [2.75, 3.05) is 4.90 Å². The monoisotopic (exact) mass is 623 g/mol. The minimum absolute atomic E-state index is 1.10. The molecular formula is C48H33N. The van der Waals surface area contributed by atoms with Crippen LogP contribution in [0.3, 0.4) is 0 Å². The molecule has 0 saturated carbocycles. The fraction of sp³-hybridized carbons (Fsp3) is 0. The largest absolute Gasteiger partial charge is 0.309 e. The first-order valence-electron chi connectivity index (χ1n) is 16.9. The lowest BCUT2D eigenvalue weighted by atomic mass is 9.89. The molecule has 0 bridgehead atoms. The number of hydrogen-bond acceptors (Lipinski definition) is 1. The van der Waals surface area contributed by atoms with Gasteiger partial charge in [-0.3, -0.25) is 0 Å². The van der Waals surface area contributed by atoms with Gasteiger partial charge in [-0.2, -0.15) is 0 Å². The molecule has 9 aromatic rings. The summed E-state index contributed by atoms with van der Waals surface area (Å²) in [7, 11) is 0. The minimum atomic E-state index is 1.10. The van der Waals surface area contributed by atoms with Crippen molar-refractivity contribution in [2.45, 2.75) is 0 Å². The first kappa shape index (κ1) is 28.8. The Morgan fingerprint density at radius 1 is 0.286 bits per heavy atom. The average Bonchev–Trinajstić information content (AvgIpc) is 3.19. The van der Waals surface area contributed by atoms with Crippen molar-refractivity contribution in [1.29, 1.82) is 0 Å². The smallest absolute Gasteiger partial charge is 0.0624 e. The number of rotatable bonds is 6. The fourth-order valence-corrected chi connectivity index (χ4v) is 7.40. The molecule has 49 heavy (non-hydrogen) atoms. The standard InChI is InChI=1S/C48H33N/c1-3-16-34(17-4-1)37-22-13-24-39(32-37)49(40-25-14-23-38(33-40)42-31-15-21-35-18-7-8-26-41(35)42)48-46-30-12-10-28-44(46)43-27-9-11-29-45(43)47(48)36-19-5-2-6-20-36/h1-33H. The van der Waals surface area contributed by atoms with Gasteiger partial charge in [-0.1, -0.05) is 176 Å². The summed E-state index contributed by atoms with van der Waals surface area (Å²) in [5.41, 5.74) is 10.6. The van der Waals surface area contributed by atoms with E-state index in [0.29, 0.717) is 0 Å². The van der Waals surface area contributed by atoms with Gasteiger partial charge in [0.25, 0.3) is 0 Å². The molecule has 0 aromatic heterocycles. The van der Waals surface area contributed by atoms with E-state index in [4.69, 9.17) is 0 Å². The average molecular weight is 624 g/mol. The van der Waals surface area contributed by atoms with Gasteiger partial charge in [0.15, 0.2) is 0 Å². The highest BCUT2D eigenvalue weighted by Gasteiger charge is 2.24. The summed E-state index contributed by atoms with van der Waals surface area (Å²) in [5, 5.41) is 7.42. The van der Waals surface area contributed by atoms with Crippen molar-refractivity contribution in [3.8, 4) is 33.4 Å². The van der Waals surface area contributed by atoms with Gasteiger partial charge in [-0.05, 0) is 79.0 Å². The topological polar surface area (TPSA) is 3.24 Å². The Labute approximate surface area is 287 Å². The Bertz CT molecular complexity index is 2600. The number of nitrogens with zero attached hydrogens (tertiary/aromatic N) is 1. The zero-order valence-corrected chi connectivity index (χ0v) is 27.0. The van der Waals surface area contributed by atoms with Gasteiger partial charge in [0.05, 0.1) is 5.69 Å². The molecule has 0 spiro atoms. The van der Waals surface area contributed by atoms with Crippen LogP contribution in [0, 0.1) is 0 Å². The van der Waals surface area contributed by atoms with E-state index >= 15 is 0 Å². The SMILES string of the molecule is c1ccc(-c2cccc(N(c3cccc(-c4cccc5ccccc45)c3)c3c(-c4ccccc4)c4ccccc4c4ccccc34)c2)cc1. The van der Waals surface area contributed by atoms with E-state index in [1.165, 1.54) is 71.4 Å². The summed E-state index contributed by atoms with van der Waals surface area (Å²) < 4.78 is 0. The number of anilines is 3. The predicted molar refractivity (Wildman–Crippen MR) is 210 cm³/mol. The molecule has 1 nitrogen and oxygen atoms in total. The van der Waals surface area contributed by atoms with Crippen LogP contribution in [0.25, 0.3) is 65.7 Å². The normalized spacial score (nSPS) is 11.3. The van der Waals surface area contributed by atoms with E-state index in [9.17, 15) is 0 Å². The molecule has 0 aliphatic heterocycles. The van der Waals surface area contributed by atoms with E-state index in [1.807, 2.05) is 0 Å². The summed E-state index contributed by atoms with van der Waals surface area (Å²) in [6.07, 6.45) is 0. The second-order valence-corrected chi connectivity index (χ2v) is 12.5. The quantitative estimate of drug-likeness (QED) is 0.167. The summed E-state index contributed by atoms with van der Waals surface area (Å²) in [6.45, 7) is 0. The first-order valence-corrected chi connectivity index (χ1v) is 16.9. The Kier molecular flexibility index (Phi) is 7.22. The summed E-state index contributed by atoms with van der Waals surface area (Å²) in [5.74, 6) is 0. The van der Waals surface area contributed by atoms with E-state index in [0.717, 1.165) is 11.4 Å². The van der Waals surface area contributed by atoms with Crippen LogP contribution in [0.1, 0.15) is 0 Å². The van der Waals surface area contributed by atoms with Gasteiger partial charge < -0.3 is 4.90 Å². The van der Waals surface area contributed by atoms with Crippen LogP contribution in [0.4, 0.5) is 17.1 Å². The Balaban J connectivity index is 1.39. The van der Waals surface area contributed by atoms with Crippen LogP contribution >= 0.6 is 0 Å². The maximum Gasteiger partial charge on any atom is 0.0624 e. The molecule has 0 saturated heterocycles. The highest BCUT2D eigenvalue weighted by molar-refractivity contribution is 6.22. The maximum atomic E-state index is 2.48. The second kappa shape index (κ2) is 12.3. The summed E-state index contributed by atoms with van der Waals surface area (Å²) >= 11 is 0. The van der Waals surface area contributed by atoms with Crippen molar-refractivity contribution >= 4 is 49.4 Å². The zero-order chi connectivity index (χ0) is 32.6. The third-order valence-corrected chi connectivity index (χ3v) is 9.61. The zero-order valence-electron chi connectivity index (χ0n) is 27.0. The number of benzene rings is 9. The molecule has 0 fully saturated rings. The van der Waals surface area contributed by atoms with Crippen LogP contribution in [-0.4, -0.2) is 0 Å². The van der Waals surface area contributed by atoms with E-state index in [-0.39, 0.29) is 0 Å². The molecule has 9 aromatic carbocycles. The molecule has 0 unspecified atom stereocenters. The molecule has 0 heterocycles. The molecule has 1 heteroatoms. The van der Waals surface area contributed by atoms with Gasteiger partial charge in [-0.25, -0.2) is 0 Å². The van der Waals surface area contributed by atoms with Crippen molar-refractivity contribution in [2.24, 2.45) is 0 Å². The van der Waals surface area contributed by atoms with Crippen molar-refractivity contribution < 1.29 is 0 Å². The van der Waals surface area contributed by atoms with Crippen LogP contribution in [0.5, 0.6) is 0 Å². The van der Waals surface area contributed by atoms with Crippen LogP contribution < -0.4 is 4.90 Å². The van der Waals surface area contributed by atoms with Crippen molar-refractivity contribution in [3.63, 3.8) is 0 Å². The second-order valence-electron chi connectivity index (χ2n) is 12.5. The molecule has 0 atom stereocenters. The number of fused-ring (bicyclic) bond motifs is 4. The van der Waals surface area contributed by atoms with Gasteiger partial charge in [0.2, 0.25) is 0 Å². The van der Waals surface area contributed by atoms with Crippen LogP contribution in [-0.2, 0) is 0 Å². The predicted octanol–water partition coefficient (Wildman–Crippen LogP) is 13.6. The fourth-order valence-electron chi connectivity index (χ4n) is 7.40. The van der Waals surface area contributed by atoms with Crippen LogP contribution in [0.2, 0.25) is 0 Å². The molecule has 0 amide bonds. The van der Waals surface area contributed by atoms with E-state index in [1.54, 1.807) is 0 Å². The third-order valence-electron chi connectivity index (χ3n) is 9.61. The molecular weight excluding hydrogens is 591 g/mol. The third kappa shape index (κ3) is 5.13. The molecule has 0 aliphatic rings. The first-order chi connectivity index (χ1) is 24.3. The lowest BCUT2D eigenvalue weighted by Crippen LogP contribution is -2.12. The summed E-state index contributed by atoms with van der Waals surface area (Å²) in [4.78, 5) is 2.48. The Morgan fingerprint density at radius 3 is 1.47 bits per heavy atom. The lowest BCUT2D eigenvalue weighted by Gasteiger charge is -2.31. The summed E-state index contributed by atoms with van der Waals surface area (Å²) in [6, 6.07) is 72.5. The minimum Gasteiger partial charge on any atom is -0.309 e.